The number of nitrogens with two attached hydrogens (primary N) is 1. The third-order valence-electron chi connectivity index (χ3n) is 7.83. The number of anilines is 2. The van der Waals surface area contributed by atoms with Crippen LogP contribution < -0.4 is 21.1 Å². The van der Waals surface area contributed by atoms with Crippen molar-refractivity contribution in [3.8, 4) is 5.75 Å². The molecule has 0 unspecified atom stereocenters. The molecule has 3 amide bonds. The van der Waals surface area contributed by atoms with E-state index in [4.69, 9.17) is 10.5 Å². The largest absolute Gasteiger partial charge is 0.494 e. The molecule has 43 heavy (non-hydrogen) atoms. The Balaban J connectivity index is 1.29. The zero-order valence-corrected chi connectivity index (χ0v) is 24.8. The van der Waals surface area contributed by atoms with Crippen molar-refractivity contribution in [3.63, 3.8) is 0 Å². The average molecular weight is 587 g/mol. The monoisotopic (exact) mass is 586 g/mol. The Morgan fingerprint density at radius 2 is 1.79 bits per heavy atom. The predicted molar refractivity (Wildman–Crippen MR) is 164 cm³/mol. The van der Waals surface area contributed by atoms with Crippen molar-refractivity contribution in [3.05, 3.63) is 65.5 Å². The number of rotatable bonds is 11. The first kappa shape index (κ1) is 29.8. The number of carbonyl (C=O) groups is 3. The van der Waals surface area contributed by atoms with Crippen LogP contribution in [0.15, 0.2) is 48.5 Å². The number of primary amides is 1. The molecule has 0 bridgehead atoms. The van der Waals surface area contributed by atoms with Crippen molar-refractivity contribution < 1.29 is 19.1 Å². The molecule has 0 aliphatic carbocycles. The van der Waals surface area contributed by atoms with Gasteiger partial charge < -0.3 is 25.3 Å². The van der Waals surface area contributed by atoms with Gasteiger partial charge in [0.05, 0.1) is 18.3 Å². The SMILES string of the molecule is CCn1nc(C)cc1C(=O)Nc1nc2cc(C(N)=O)cc(OC)c2n1CCCN1CCC(C(=O)Nc2ccccc2)CC1. The summed E-state index contributed by atoms with van der Waals surface area (Å²) in [7, 11) is 1.52. The zero-order valence-electron chi connectivity index (χ0n) is 24.8. The Bertz CT molecular complexity index is 1620. The maximum Gasteiger partial charge on any atom is 0.276 e. The van der Waals surface area contributed by atoms with E-state index < -0.39 is 5.91 Å². The standard InChI is InChI=1S/C31H38N8O4/c1-4-39-25(17-20(2)36-39)30(42)35-31-34-24-18-22(28(32)40)19-26(43-3)27(24)38(31)14-8-13-37-15-11-21(12-16-37)29(41)33-23-9-6-5-7-10-23/h5-7,9-10,17-19,21H,4,8,11-16H2,1-3H3,(H2,32,40)(H,33,41)(H,34,35,42). The molecule has 1 aliphatic rings. The maximum absolute atomic E-state index is 13.3. The quantitative estimate of drug-likeness (QED) is 0.243. The van der Waals surface area contributed by atoms with E-state index in [2.05, 4.69) is 25.6 Å². The highest BCUT2D eigenvalue weighted by atomic mass is 16.5. The number of hydrogen-bond acceptors (Lipinski definition) is 7. The molecule has 12 nitrogen and oxygen atoms in total. The number of nitrogens with one attached hydrogen (secondary N) is 2. The van der Waals surface area contributed by atoms with Gasteiger partial charge in [0.25, 0.3) is 5.91 Å². The Hall–Kier alpha value is -4.71. The van der Waals surface area contributed by atoms with Crippen LogP contribution in [0.3, 0.4) is 0 Å². The van der Waals surface area contributed by atoms with Crippen LogP contribution in [-0.4, -0.2) is 68.7 Å². The highest BCUT2D eigenvalue weighted by molar-refractivity contribution is 6.04. The number of ether oxygens (including phenoxy) is 1. The lowest BCUT2D eigenvalue weighted by Crippen LogP contribution is -2.38. The minimum Gasteiger partial charge on any atom is -0.494 e. The first-order chi connectivity index (χ1) is 20.8. The number of carbonyl (C=O) groups excluding carboxylic acids is 3. The normalized spacial score (nSPS) is 14.1. The third kappa shape index (κ3) is 6.69. The molecule has 0 spiro atoms. The van der Waals surface area contributed by atoms with Crippen molar-refractivity contribution >= 4 is 40.4 Å². The van der Waals surface area contributed by atoms with Crippen LogP contribution in [0.25, 0.3) is 11.0 Å². The summed E-state index contributed by atoms with van der Waals surface area (Å²) in [6.45, 7) is 7.32. The number of methoxy groups -OCH3 is 1. The van der Waals surface area contributed by atoms with Crippen molar-refractivity contribution in [1.82, 2.24) is 24.2 Å². The number of hydrogen-bond donors (Lipinski definition) is 3. The van der Waals surface area contributed by atoms with Gasteiger partial charge in [0.2, 0.25) is 17.8 Å². The van der Waals surface area contributed by atoms with Crippen LogP contribution in [0.5, 0.6) is 5.75 Å². The number of aryl methyl sites for hydroxylation is 3. The molecule has 0 radical (unpaired) electrons. The van der Waals surface area contributed by atoms with E-state index in [1.165, 1.54) is 7.11 Å². The van der Waals surface area contributed by atoms with E-state index in [0.717, 1.165) is 50.3 Å². The van der Waals surface area contributed by atoms with Crippen LogP contribution in [0.1, 0.15) is 52.7 Å². The Morgan fingerprint density at radius 1 is 1.05 bits per heavy atom. The summed E-state index contributed by atoms with van der Waals surface area (Å²) in [5.74, 6) is -0.0814. The number of fused-ring (bicyclic) bond motifs is 1. The van der Waals surface area contributed by atoms with Gasteiger partial charge in [0.1, 0.15) is 17.0 Å². The molecular weight excluding hydrogens is 548 g/mol. The van der Waals surface area contributed by atoms with Crippen LogP contribution in [0, 0.1) is 12.8 Å². The predicted octanol–water partition coefficient (Wildman–Crippen LogP) is 3.66. The van der Waals surface area contributed by atoms with E-state index in [1.54, 1.807) is 22.9 Å². The average Bonchev–Trinajstić information content (AvgIpc) is 3.56. The van der Waals surface area contributed by atoms with Crippen molar-refractivity contribution in [2.75, 3.05) is 37.4 Å². The lowest BCUT2D eigenvalue weighted by atomic mass is 9.95. The van der Waals surface area contributed by atoms with E-state index in [1.807, 2.05) is 48.7 Å². The van der Waals surface area contributed by atoms with E-state index in [-0.39, 0.29) is 23.3 Å². The zero-order chi connectivity index (χ0) is 30.5. The van der Waals surface area contributed by atoms with Crippen molar-refractivity contribution in [2.24, 2.45) is 11.7 Å². The number of benzene rings is 2. The Kier molecular flexibility index (Phi) is 9.05. The molecular formula is C31H38N8O4. The highest BCUT2D eigenvalue weighted by Gasteiger charge is 2.26. The molecule has 0 saturated carbocycles. The summed E-state index contributed by atoms with van der Waals surface area (Å²) in [6, 6.07) is 14.5. The van der Waals surface area contributed by atoms with Crippen LogP contribution in [0.4, 0.5) is 11.6 Å². The minimum absolute atomic E-state index is 0.0141. The fraction of sp³-hybridized carbons (Fsp3) is 0.387. The number of piperidine rings is 1. The van der Waals surface area contributed by atoms with Gasteiger partial charge in [0.15, 0.2) is 0 Å². The second-order valence-electron chi connectivity index (χ2n) is 10.8. The highest BCUT2D eigenvalue weighted by Crippen LogP contribution is 2.31. The third-order valence-corrected chi connectivity index (χ3v) is 7.83. The lowest BCUT2D eigenvalue weighted by Gasteiger charge is -2.31. The van der Waals surface area contributed by atoms with Crippen LogP contribution >= 0.6 is 0 Å². The van der Waals surface area contributed by atoms with Crippen molar-refractivity contribution in [1.29, 1.82) is 0 Å². The molecule has 226 valence electrons. The van der Waals surface area contributed by atoms with E-state index in [9.17, 15) is 14.4 Å². The molecule has 12 heteroatoms. The number of imidazole rings is 1. The molecule has 1 saturated heterocycles. The molecule has 1 aliphatic heterocycles. The topological polar surface area (TPSA) is 149 Å². The fourth-order valence-corrected chi connectivity index (χ4v) is 5.61. The first-order valence-corrected chi connectivity index (χ1v) is 14.6. The number of likely N-dealkylation sites (tertiary alicyclic amines) is 1. The van der Waals surface area contributed by atoms with Gasteiger partial charge >= 0.3 is 0 Å². The summed E-state index contributed by atoms with van der Waals surface area (Å²) in [5.41, 5.74) is 8.98. The van der Waals surface area contributed by atoms with Crippen LogP contribution in [0.2, 0.25) is 0 Å². The van der Waals surface area contributed by atoms with Gasteiger partial charge in [-0.05, 0) is 83.1 Å². The summed E-state index contributed by atoms with van der Waals surface area (Å²) >= 11 is 0. The van der Waals surface area contributed by atoms with E-state index in [0.29, 0.717) is 41.5 Å². The summed E-state index contributed by atoms with van der Waals surface area (Å²) < 4.78 is 9.19. The molecule has 4 aromatic rings. The molecule has 3 heterocycles. The number of amides is 3. The summed E-state index contributed by atoms with van der Waals surface area (Å²) in [4.78, 5) is 45.1. The Morgan fingerprint density at radius 3 is 2.47 bits per heavy atom. The number of para-hydroxylation sites is 1. The number of aromatic nitrogens is 4. The summed E-state index contributed by atoms with van der Waals surface area (Å²) in [6.07, 6.45) is 2.35. The van der Waals surface area contributed by atoms with Gasteiger partial charge in [-0.25, -0.2) is 4.98 Å². The maximum atomic E-state index is 13.3. The molecule has 2 aromatic heterocycles. The number of nitrogens with zero attached hydrogens (tertiary/aromatic N) is 5. The molecule has 1 fully saturated rings. The minimum atomic E-state index is -0.594. The first-order valence-electron chi connectivity index (χ1n) is 14.6. The second-order valence-corrected chi connectivity index (χ2v) is 10.8. The van der Waals surface area contributed by atoms with Crippen LogP contribution in [-0.2, 0) is 17.9 Å². The molecule has 5 rings (SSSR count). The summed E-state index contributed by atoms with van der Waals surface area (Å²) in [5, 5.41) is 10.4. The fourth-order valence-electron chi connectivity index (χ4n) is 5.61. The lowest BCUT2D eigenvalue weighted by molar-refractivity contribution is -0.121. The van der Waals surface area contributed by atoms with Gasteiger partial charge in [0, 0.05) is 30.3 Å². The molecule has 2 aromatic carbocycles. The van der Waals surface area contributed by atoms with Gasteiger partial charge in [-0.3, -0.25) is 24.4 Å². The van der Waals surface area contributed by atoms with Gasteiger partial charge in [-0.1, -0.05) is 18.2 Å². The molecule has 0 atom stereocenters. The van der Waals surface area contributed by atoms with E-state index >= 15 is 0 Å². The smallest absolute Gasteiger partial charge is 0.276 e. The Labute approximate surface area is 250 Å². The second kappa shape index (κ2) is 13.1. The van der Waals surface area contributed by atoms with Gasteiger partial charge in [-0.2, -0.15) is 5.10 Å². The molecule has 4 N–H and O–H groups in total. The van der Waals surface area contributed by atoms with Gasteiger partial charge in [-0.15, -0.1) is 0 Å². The van der Waals surface area contributed by atoms with Crippen molar-refractivity contribution in [2.45, 2.75) is 46.2 Å².